The monoisotopic (exact) mass is 307 g/mol. The van der Waals surface area contributed by atoms with Crippen LogP contribution in [0.4, 0.5) is 4.79 Å². The van der Waals surface area contributed by atoms with Crippen molar-refractivity contribution in [3.8, 4) is 5.75 Å². The maximum absolute atomic E-state index is 11.4. The largest absolute Gasteiger partial charge is 0.491 e. The topological polar surface area (TPSA) is 56.8 Å². The Labute approximate surface area is 132 Å². The average Bonchev–Trinajstić information content (AvgIpc) is 2.43. The second-order valence-electron chi connectivity index (χ2n) is 5.70. The Bertz CT molecular complexity index is 474. The van der Waals surface area contributed by atoms with Crippen LogP contribution in [0.3, 0.4) is 0 Å². The van der Waals surface area contributed by atoms with Gasteiger partial charge in [0.15, 0.2) is 0 Å². The minimum Gasteiger partial charge on any atom is -0.491 e. The molecule has 5 nitrogen and oxygen atoms in total. The van der Waals surface area contributed by atoms with Crippen LogP contribution in [0, 0.1) is 0 Å². The number of amides is 1. The molecule has 0 aliphatic carbocycles. The van der Waals surface area contributed by atoms with E-state index in [2.05, 4.69) is 5.32 Å². The van der Waals surface area contributed by atoms with E-state index in [1.54, 1.807) is 7.11 Å². The van der Waals surface area contributed by atoms with Crippen molar-refractivity contribution in [2.24, 2.45) is 0 Å². The van der Waals surface area contributed by atoms with E-state index in [1.807, 2.05) is 57.2 Å². The van der Waals surface area contributed by atoms with Crippen molar-refractivity contribution in [1.82, 2.24) is 5.32 Å². The zero-order chi connectivity index (χ0) is 16.4. The molecule has 1 rings (SSSR count). The van der Waals surface area contributed by atoms with Crippen molar-refractivity contribution in [1.29, 1.82) is 0 Å². The summed E-state index contributed by atoms with van der Waals surface area (Å²) in [6.45, 7) is 7.01. The molecule has 0 fully saturated rings. The third-order valence-electron chi connectivity index (χ3n) is 2.51. The summed E-state index contributed by atoms with van der Waals surface area (Å²) < 4.78 is 15.5. The first-order valence-corrected chi connectivity index (χ1v) is 7.26. The molecule has 1 N–H and O–H groups in total. The summed E-state index contributed by atoms with van der Waals surface area (Å²) >= 11 is 0. The van der Waals surface area contributed by atoms with Gasteiger partial charge in [-0.25, -0.2) is 4.79 Å². The van der Waals surface area contributed by atoms with Gasteiger partial charge in [0.25, 0.3) is 0 Å². The van der Waals surface area contributed by atoms with Crippen LogP contribution in [-0.2, 0) is 9.47 Å². The third kappa shape index (κ3) is 8.32. The molecule has 0 radical (unpaired) electrons. The van der Waals surface area contributed by atoms with E-state index in [4.69, 9.17) is 14.2 Å². The second kappa shape index (κ2) is 9.10. The number of benzene rings is 1. The lowest BCUT2D eigenvalue weighted by molar-refractivity contribution is 0.0534. The molecule has 0 bridgehead atoms. The number of methoxy groups -OCH3 is 1. The zero-order valence-electron chi connectivity index (χ0n) is 13.7. The normalized spacial score (nSPS) is 11.5. The van der Waals surface area contributed by atoms with Crippen LogP contribution in [0.1, 0.15) is 26.3 Å². The third-order valence-corrected chi connectivity index (χ3v) is 2.51. The molecule has 0 spiro atoms. The first-order chi connectivity index (χ1) is 10.4. The number of rotatable bonds is 7. The van der Waals surface area contributed by atoms with E-state index >= 15 is 0 Å². The number of ether oxygens (including phenoxy) is 3. The van der Waals surface area contributed by atoms with Gasteiger partial charge in [-0.3, -0.25) is 0 Å². The quantitative estimate of drug-likeness (QED) is 0.786. The standard InChI is InChI=1S/C17H25NO4/c1-17(2,3)22-16(19)18-11-5-6-14-7-9-15(10-8-14)21-13-12-20-4/h5-10H,11-13H2,1-4H3,(H,18,19). The smallest absolute Gasteiger partial charge is 0.407 e. The summed E-state index contributed by atoms with van der Waals surface area (Å²) in [5.74, 6) is 0.807. The van der Waals surface area contributed by atoms with E-state index < -0.39 is 11.7 Å². The van der Waals surface area contributed by atoms with Crippen LogP contribution >= 0.6 is 0 Å². The van der Waals surface area contributed by atoms with Crippen LogP contribution < -0.4 is 10.1 Å². The Morgan fingerprint density at radius 3 is 2.45 bits per heavy atom. The minimum atomic E-state index is -0.480. The lowest BCUT2D eigenvalue weighted by Crippen LogP contribution is -2.32. The Hall–Kier alpha value is -2.01. The molecule has 0 aliphatic heterocycles. The molecule has 1 aromatic rings. The lowest BCUT2D eigenvalue weighted by Gasteiger charge is -2.19. The van der Waals surface area contributed by atoms with Crippen LogP contribution in [0.2, 0.25) is 0 Å². The van der Waals surface area contributed by atoms with Crippen molar-refractivity contribution in [3.63, 3.8) is 0 Å². The van der Waals surface area contributed by atoms with E-state index in [9.17, 15) is 4.79 Å². The Kier molecular flexibility index (Phi) is 7.46. The van der Waals surface area contributed by atoms with Crippen LogP contribution in [0.15, 0.2) is 30.3 Å². The van der Waals surface area contributed by atoms with Crippen LogP contribution in [0.5, 0.6) is 5.75 Å². The summed E-state index contributed by atoms with van der Waals surface area (Å²) in [5.41, 5.74) is 0.553. The molecule has 0 aliphatic rings. The van der Waals surface area contributed by atoms with Gasteiger partial charge >= 0.3 is 6.09 Å². The van der Waals surface area contributed by atoms with Gasteiger partial charge in [-0.05, 0) is 38.5 Å². The predicted octanol–water partition coefficient (Wildman–Crippen LogP) is 3.25. The summed E-state index contributed by atoms with van der Waals surface area (Å²) in [6, 6.07) is 7.70. The van der Waals surface area contributed by atoms with Crippen LogP contribution in [-0.4, -0.2) is 38.6 Å². The lowest BCUT2D eigenvalue weighted by atomic mass is 10.2. The first kappa shape index (κ1) is 18.0. The molecule has 1 aromatic carbocycles. The second-order valence-corrected chi connectivity index (χ2v) is 5.70. The van der Waals surface area contributed by atoms with Crippen molar-refractivity contribution in [2.45, 2.75) is 26.4 Å². The molecule has 0 saturated carbocycles. The van der Waals surface area contributed by atoms with Crippen molar-refractivity contribution >= 4 is 12.2 Å². The van der Waals surface area contributed by atoms with E-state index in [0.29, 0.717) is 19.8 Å². The summed E-state index contributed by atoms with van der Waals surface area (Å²) in [5, 5.41) is 2.67. The molecule has 0 unspecified atom stereocenters. The number of nitrogens with one attached hydrogen (secondary N) is 1. The van der Waals surface area contributed by atoms with Gasteiger partial charge in [-0.2, -0.15) is 0 Å². The highest BCUT2D eigenvalue weighted by Crippen LogP contribution is 2.13. The van der Waals surface area contributed by atoms with Gasteiger partial charge in [0.05, 0.1) is 6.61 Å². The molecule has 0 saturated heterocycles. The molecular formula is C17H25NO4. The number of carbonyl (C=O) groups excluding carboxylic acids is 1. The van der Waals surface area contributed by atoms with E-state index in [1.165, 1.54) is 0 Å². The van der Waals surface area contributed by atoms with E-state index in [-0.39, 0.29) is 0 Å². The first-order valence-electron chi connectivity index (χ1n) is 7.26. The van der Waals surface area contributed by atoms with Crippen LogP contribution in [0.25, 0.3) is 6.08 Å². The number of hydrogen-bond donors (Lipinski definition) is 1. The molecule has 5 heteroatoms. The molecule has 1 amide bonds. The van der Waals surface area contributed by atoms with Gasteiger partial charge in [0, 0.05) is 13.7 Å². The molecule has 0 atom stereocenters. The number of carbonyl (C=O) groups is 1. The summed E-state index contributed by atoms with van der Waals surface area (Å²) in [4.78, 5) is 11.4. The molecule has 0 heterocycles. The van der Waals surface area contributed by atoms with Crippen molar-refractivity contribution in [2.75, 3.05) is 26.9 Å². The number of hydrogen-bond acceptors (Lipinski definition) is 4. The van der Waals surface area contributed by atoms with Gasteiger partial charge in [-0.15, -0.1) is 0 Å². The predicted molar refractivity (Wildman–Crippen MR) is 87.1 cm³/mol. The Balaban J connectivity index is 2.33. The van der Waals surface area contributed by atoms with E-state index in [0.717, 1.165) is 11.3 Å². The summed E-state index contributed by atoms with van der Waals surface area (Å²) in [6.07, 6.45) is 3.38. The fourth-order valence-corrected chi connectivity index (χ4v) is 1.57. The molecular weight excluding hydrogens is 282 g/mol. The summed E-state index contributed by atoms with van der Waals surface area (Å²) in [7, 11) is 1.64. The van der Waals surface area contributed by atoms with Crippen molar-refractivity contribution in [3.05, 3.63) is 35.9 Å². The SMILES string of the molecule is COCCOc1ccc(C=CCNC(=O)OC(C)(C)C)cc1. The van der Waals surface area contributed by atoms with Gasteiger partial charge in [-0.1, -0.05) is 24.3 Å². The number of alkyl carbamates (subject to hydrolysis) is 1. The fourth-order valence-electron chi connectivity index (χ4n) is 1.57. The molecule has 22 heavy (non-hydrogen) atoms. The maximum atomic E-state index is 11.4. The Morgan fingerprint density at radius 1 is 1.18 bits per heavy atom. The maximum Gasteiger partial charge on any atom is 0.407 e. The molecule has 0 aromatic heterocycles. The van der Waals surface area contributed by atoms with Crippen molar-refractivity contribution < 1.29 is 19.0 Å². The zero-order valence-corrected chi connectivity index (χ0v) is 13.7. The highest BCUT2D eigenvalue weighted by Gasteiger charge is 2.14. The molecule has 122 valence electrons. The van der Waals surface area contributed by atoms with Gasteiger partial charge < -0.3 is 19.5 Å². The highest BCUT2D eigenvalue weighted by atomic mass is 16.6. The minimum absolute atomic E-state index is 0.418. The fraction of sp³-hybridized carbons (Fsp3) is 0.471. The van der Waals surface area contributed by atoms with Gasteiger partial charge in [0.2, 0.25) is 0 Å². The average molecular weight is 307 g/mol. The van der Waals surface area contributed by atoms with Gasteiger partial charge in [0.1, 0.15) is 18.0 Å². The highest BCUT2D eigenvalue weighted by molar-refractivity contribution is 5.68. The Morgan fingerprint density at radius 2 is 1.86 bits per heavy atom.